The van der Waals surface area contributed by atoms with Crippen molar-refractivity contribution in [3.8, 4) is 0 Å². The third-order valence-electron chi connectivity index (χ3n) is 4.58. The first kappa shape index (κ1) is 22.7. The van der Waals surface area contributed by atoms with Gasteiger partial charge in [-0.1, -0.05) is 19.3 Å². The summed E-state index contributed by atoms with van der Waals surface area (Å²) in [4.78, 5) is 23.2. The molecular formula is C17H32ClN11. The zero-order chi connectivity index (χ0) is 21.1. The molecule has 1 saturated carbocycles. The van der Waals surface area contributed by atoms with Gasteiger partial charge in [0.2, 0.25) is 17.2 Å². The van der Waals surface area contributed by atoms with Gasteiger partial charge in [0.15, 0.2) is 11.9 Å². The lowest BCUT2D eigenvalue weighted by Gasteiger charge is -2.25. The highest BCUT2D eigenvalue weighted by Gasteiger charge is 2.17. The van der Waals surface area contributed by atoms with E-state index in [2.05, 4.69) is 30.3 Å². The Labute approximate surface area is 176 Å². The maximum atomic E-state index is 6.18. The van der Waals surface area contributed by atoms with E-state index in [0.717, 1.165) is 25.7 Å². The predicted molar refractivity (Wildman–Crippen MR) is 118 cm³/mol. The van der Waals surface area contributed by atoms with Crippen LogP contribution in [0.5, 0.6) is 0 Å². The van der Waals surface area contributed by atoms with E-state index in [1.165, 1.54) is 19.3 Å². The van der Waals surface area contributed by atoms with Gasteiger partial charge in [-0.15, -0.1) is 0 Å². The second-order valence-electron chi connectivity index (χ2n) is 7.01. The first-order valence-corrected chi connectivity index (χ1v) is 10.4. The molecular weight excluding hydrogens is 394 g/mol. The van der Waals surface area contributed by atoms with Gasteiger partial charge in [0.1, 0.15) is 0 Å². The highest BCUT2D eigenvalue weighted by molar-refractivity contribution is 6.28. The van der Waals surface area contributed by atoms with Crippen LogP contribution >= 0.6 is 11.6 Å². The topological polar surface area (TPSA) is 183 Å². The Balaban J connectivity index is 2.06. The van der Waals surface area contributed by atoms with Gasteiger partial charge in [-0.25, -0.2) is 0 Å². The summed E-state index contributed by atoms with van der Waals surface area (Å²) in [5.41, 5.74) is 21.6. The lowest BCUT2D eigenvalue weighted by atomic mass is 9.96. The zero-order valence-corrected chi connectivity index (χ0v) is 17.5. The van der Waals surface area contributed by atoms with Crippen molar-refractivity contribution in [1.82, 2.24) is 15.0 Å². The van der Waals surface area contributed by atoms with Gasteiger partial charge in [-0.05, 0) is 37.3 Å². The molecule has 0 amide bonds. The summed E-state index contributed by atoms with van der Waals surface area (Å²) in [5, 5.41) is 3.56. The Morgan fingerprint density at radius 3 is 2.07 bits per heavy atom. The number of hydrogen-bond donors (Lipinski definition) is 5. The number of halogens is 1. The molecule has 2 rings (SSSR count). The van der Waals surface area contributed by atoms with Gasteiger partial charge >= 0.3 is 0 Å². The zero-order valence-electron chi connectivity index (χ0n) is 16.7. The monoisotopic (exact) mass is 425 g/mol. The summed E-state index contributed by atoms with van der Waals surface area (Å²) >= 11 is 6.18. The largest absolute Gasteiger partial charge is 0.370 e. The van der Waals surface area contributed by atoms with Gasteiger partial charge in [0, 0.05) is 32.2 Å². The van der Waals surface area contributed by atoms with Crippen molar-refractivity contribution in [3.63, 3.8) is 0 Å². The lowest BCUT2D eigenvalue weighted by Crippen LogP contribution is -2.31. The second-order valence-corrected chi connectivity index (χ2v) is 7.35. The van der Waals surface area contributed by atoms with Crippen LogP contribution in [0.25, 0.3) is 0 Å². The average molecular weight is 426 g/mol. The van der Waals surface area contributed by atoms with E-state index in [1.54, 1.807) is 0 Å². The molecule has 0 atom stereocenters. The molecule has 1 fully saturated rings. The molecule has 1 heterocycles. The van der Waals surface area contributed by atoms with E-state index in [-0.39, 0.29) is 17.2 Å². The van der Waals surface area contributed by atoms with Crippen molar-refractivity contribution >= 4 is 35.4 Å². The molecule has 0 radical (unpaired) electrons. The number of nitrogens with two attached hydrogens (primary N) is 4. The number of aliphatic imine (C=N–C) groups is 2. The summed E-state index contributed by atoms with van der Waals surface area (Å²) in [5.74, 6) is 1.17. The summed E-state index contributed by atoms with van der Waals surface area (Å²) in [6.07, 6.45) is 7.39. The Morgan fingerprint density at radius 2 is 1.52 bits per heavy atom. The van der Waals surface area contributed by atoms with E-state index in [9.17, 15) is 0 Å². The van der Waals surface area contributed by atoms with Gasteiger partial charge in [0.25, 0.3) is 0 Å². The number of aromatic nitrogens is 3. The van der Waals surface area contributed by atoms with Crippen LogP contribution in [-0.4, -0.2) is 59.1 Å². The van der Waals surface area contributed by atoms with Crippen LogP contribution in [0.2, 0.25) is 5.28 Å². The van der Waals surface area contributed by atoms with Crippen LogP contribution in [0.4, 0.5) is 11.9 Å². The molecule has 9 N–H and O–H groups in total. The van der Waals surface area contributed by atoms with Crippen LogP contribution in [0.1, 0.15) is 44.9 Å². The Morgan fingerprint density at radius 1 is 0.931 bits per heavy atom. The van der Waals surface area contributed by atoms with Crippen molar-refractivity contribution in [2.24, 2.45) is 32.9 Å². The molecule has 162 valence electrons. The molecule has 0 bridgehead atoms. The van der Waals surface area contributed by atoms with E-state index in [4.69, 9.17) is 34.5 Å². The maximum absolute atomic E-state index is 6.18. The van der Waals surface area contributed by atoms with E-state index < -0.39 is 0 Å². The quantitative estimate of drug-likeness (QED) is 0.190. The predicted octanol–water partition coefficient (Wildman–Crippen LogP) is 0.403. The normalized spacial score (nSPS) is 14.2. The summed E-state index contributed by atoms with van der Waals surface area (Å²) < 4.78 is 0. The Hall–Kier alpha value is -2.56. The van der Waals surface area contributed by atoms with E-state index in [0.29, 0.717) is 44.1 Å². The molecule has 11 nitrogen and oxygen atoms in total. The molecule has 1 aliphatic carbocycles. The SMILES string of the molecule is NC(N)=NCCCN(CCCN=C(N)N)c1nc(Cl)nc(NC2CCCCC2)n1. The molecule has 0 aromatic carbocycles. The van der Waals surface area contributed by atoms with Crippen molar-refractivity contribution < 1.29 is 0 Å². The molecule has 12 heteroatoms. The van der Waals surface area contributed by atoms with Crippen molar-refractivity contribution in [1.29, 1.82) is 0 Å². The minimum Gasteiger partial charge on any atom is -0.370 e. The highest BCUT2D eigenvalue weighted by atomic mass is 35.5. The number of hydrogen-bond acceptors (Lipinski definition) is 7. The van der Waals surface area contributed by atoms with Crippen LogP contribution in [0, 0.1) is 0 Å². The van der Waals surface area contributed by atoms with Crippen molar-refractivity contribution in [2.75, 3.05) is 36.4 Å². The first-order chi connectivity index (χ1) is 13.9. The summed E-state index contributed by atoms with van der Waals surface area (Å²) in [6, 6.07) is 0.368. The minimum atomic E-state index is 0.0754. The third kappa shape index (κ3) is 8.99. The molecule has 1 aliphatic rings. The van der Waals surface area contributed by atoms with Gasteiger partial charge in [-0.3, -0.25) is 9.98 Å². The average Bonchev–Trinajstić information content (AvgIpc) is 2.66. The van der Waals surface area contributed by atoms with Crippen LogP contribution in [-0.2, 0) is 0 Å². The molecule has 1 aromatic rings. The Bertz CT molecular complexity index is 656. The molecule has 0 unspecified atom stereocenters. The van der Waals surface area contributed by atoms with Crippen molar-refractivity contribution in [2.45, 2.75) is 51.0 Å². The van der Waals surface area contributed by atoms with Crippen molar-refractivity contribution in [3.05, 3.63) is 5.28 Å². The molecule has 0 aliphatic heterocycles. The van der Waals surface area contributed by atoms with E-state index >= 15 is 0 Å². The summed E-state index contributed by atoms with van der Waals surface area (Å²) in [6.45, 7) is 2.33. The number of anilines is 2. The van der Waals surface area contributed by atoms with Crippen LogP contribution in [0.3, 0.4) is 0 Å². The fraction of sp³-hybridized carbons (Fsp3) is 0.706. The number of nitrogens with one attached hydrogen (secondary N) is 1. The molecule has 1 aromatic heterocycles. The third-order valence-corrected chi connectivity index (χ3v) is 4.75. The van der Waals surface area contributed by atoms with Crippen LogP contribution in [0.15, 0.2) is 9.98 Å². The number of guanidine groups is 2. The number of rotatable bonds is 11. The highest BCUT2D eigenvalue weighted by Crippen LogP contribution is 2.22. The summed E-state index contributed by atoms with van der Waals surface area (Å²) in [7, 11) is 0. The second kappa shape index (κ2) is 12.1. The molecule has 29 heavy (non-hydrogen) atoms. The maximum Gasteiger partial charge on any atom is 0.231 e. The molecule has 0 spiro atoms. The van der Waals surface area contributed by atoms with Gasteiger partial charge in [0.05, 0.1) is 0 Å². The standard InChI is InChI=1S/C17H32ClN11/c18-13-26-16(25-12-6-2-1-3-7-12)28-17(27-13)29(10-4-8-23-14(19)20)11-5-9-24-15(21)22/h12H,1-11H2,(H4,19,20,23)(H4,21,22,24)(H,25,26,27,28). The first-order valence-electron chi connectivity index (χ1n) is 9.98. The lowest BCUT2D eigenvalue weighted by molar-refractivity contribution is 0.460. The van der Waals surface area contributed by atoms with Gasteiger partial charge in [-0.2, -0.15) is 15.0 Å². The van der Waals surface area contributed by atoms with Crippen LogP contribution < -0.4 is 33.2 Å². The minimum absolute atomic E-state index is 0.0754. The molecule has 0 saturated heterocycles. The Kier molecular flexibility index (Phi) is 9.48. The fourth-order valence-electron chi connectivity index (χ4n) is 3.23. The smallest absolute Gasteiger partial charge is 0.231 e. The van der Waals surface area contributed by atoms with E-state index in [1.807, 2.05) is 4.90 Å². The number of nitrogens with zero attached hydrogens (tertiary/aromatic N) is 6. The van der Waals surface area contributed by atoms with Gasteiger partial charge < -0.3 is 33.2 Å². The fourth-order valence-corrected chi connectivity index (χ4v) is 3.38.